The van der Waals surface area contributed by atoms with E-state index < -0.39 is 11.4 Å². The zero-order valence-electron chi connectivity index (χ0n) is 15.1. The van der Waals surface area contributed by atoms with E-state index in [-0.39, 0.29) is 0 Å². The molecule has 0 aromatic heterocycles. The first-order chi connectivity index (χ1) is 13.2. The van der Waals surface area contributed by atoms with Crippen LogP contribution in [0.4, 0.5) is 0 Å². The molecular formula is C23H20O4. The molecule has 2 spiro atoms. The second-order valence-corrected chi connectivity index (χ2v) is 6.81. The van der Waals surface area contributed by atoms with Gasteiger partial charge in [0.25, 0.3) is 0 Å². The van der Waals surface area contributed by atoms with E-state index in [0.29, 0.717) is 13.2 Å². The molecule has 0 saturated carbocycles. The first-order valence-electron chi connectivity index (χ1n) is 9.05. The van der Waals surface area contributed by atoms with Gasteiger partial charge in [-0.2, -0.15) is 0 Å². The van der Waals surface area contributed by atoms with Crippen molar-refractivity contribution in [2.45, 2.75) is 11.4 Å². The molecule has 3 aliphatic rings. The third-order valence-corrected chi connectivity index (χ3v) is 5.17. The molecule has 2 heterocycles. The zero-order valence-corrected chi connectivity index (χ0v) is 15.1. The number of methoxy groups -OCH3 is 1. The molecule has 2 aromatic rings. The first-order valence-corrected chi connectivity index (χ1v) is 9.05. The summed E-state index contributed by atoms with van der Waals surface area (Å²) in [6.07, 6.45) is 10.0. The Hall–Kier alpha value is -2.82. The van der Waals surface area contributed by atoms with Crippen LogP contribution in [0.25, 0.3) is 11.8 Å². The van der Waals surface area contributed by atoms with Gasteiger partial charge in [-0.15, -0.1) is 0 Å². The molecule has 0 atom stereocenters. The summed E-state index contributed by atoms with van der Waals surface area (Å²) in [7, 11) is 1.67. The lowest BCUT2D eigenvalue weighted by Gasteiger charge is -2.31. The van der Waals surface area contributed by atoms with Crippen molar-refractivity contribution in [1.82, 2.24) is 0 Å². The Balaban J connectivity index is 1.53. The smallest absolute Gasteiger partial charge is 0.208 e. The predicted molar refractivity (Wildman–Crippen MR) is 103 cm³/mol. The third-order valence-electron chi connectivity index (χ3n) is 5.17. The maximum atomic E-state index is 6.47. The maximum absolute atomic E-state index is 6.47. The Morgan fingerprint density at radius 3 is 2.30 bits per heavy atom. The normalized spacial score (nSPS) is 22.3. The lowest BCUT2D eigenvalue weighted by Crippen LogP contribution is -2.32. The minimum Gasteiger partial charge on any atom is -0.497 e. The van der Waals surface area contributed by atoms with E-state index in [4.69, 9.17) is 18.9 Å². The van der Waals surface area contributed by atoms with Crippen LogP contribution in [0.5, 0.6) is 5.75 Å². The molecule has 2 aliphatic heterocycles. The van der Waals surface area contributed by atoms with Crippen LogP contribution in [-0.4, -0.2) is 26.1 Å². The predicted octanol–water partition coefficient (Wildman–Crippen LogP) is 4.29. The lowest BCUT2D eigenvalue weighted by molar-refractivity contribution is -0.0786. The number of hydrogen-bond acceptors (Lipinski definition) is 4. The highest BCUT2D eigenvalue weighted by molar-refractivity contribution is 5.83. The molecule has 0 N–H and O–H groups in total. The second kappa shape index (κ2) is 6.12. The van der Waals surface area contributed by atoms with Crippen LogP contribution in [0, 0.1) is 0 Å². The van der Waals surface area contributed by atoms with E-state index in [1.165, 1.54) is 0 Å². The summed E-state index contributed by atoms with van der Waals surface area (Å²) in [6, 6.07) is 16.2. The highest BCUT2D eigenvalue weighted by Crippen LogP contribution is 2.48. The fourth-order valence-corrected chi connectivity index (χ4v) is 3.76. The number of fused-ring (bicyclic) bond motifs is 2. The van der Waals surface area contributed by atoms with Gasteiger partial charge in [0.15, 0.2) is 5.60 Å². The Bertz CT molecular complexity index is 931. The maximum Gasteiger partial charge on any atom is 0.208 e. The molecule has 1 saturated heterocycles. The fraction of sp³-hybridized carbons (Fsp3) is 0.217. The van der Waals surface area contributed by atoms with Crippen molar-refractivity contribution in [1.29, 1.82) is 0 Å². The number of rotatable bonds is 2. The van der Waals surface area contributed by atoms with Gasteiger partial charge in [-0.25, -0.2) is 0 Å². The lowest BCUT2D eigenvalue weighted by atomic mass is 9.87. The number of ether oxygens (including phenoxy) is 4. The highest BCUT2D eigenvalue weighted by Gasteiger charge is 2.44. The van der Waals surface area contributed by atoms with Gasteiger partial charge in [-0.1, -0.05) is 36.4 Å². The molecule has 136 valence electrons. The molecular weight excluding hydrogens is 340 g/mol. The van der Waals surface area contributed by atoms with Crippen LogP contribution < -0.4 is 4.74 Å². The average Bonchev–Trinajstić information content (AvgIpc) is 3.29. The standard InChI is InChI=1S/C23H20O4/c1-24-18-8-6-17(7-9-18)16-21-19-4-2-3-5-20(19)22(27-21)10-12-23(13-11-22)25-14-15-26-23/h2-13,16H,14-15H2,1H3/b21-16+. The first kappa shape index (κ1) is 16.4. The molecule has 0 radical (unpaired) electrons. The second-order valence-electron chi connectivity index (χ2n) is 6.81. The summed E-state index contributed by atoms with van der Waals surface area (Å²) in [5.41, 5.74) is 2.63. The molecule has 2 aromatic carbocycles. The minimum absolute atomic E-state index is 0.599. The number of benzene rings is 2. The van der Waals surface area contributed by atoms with E-state index in [1.807, 2.05) is 60.7 Å². The monoisotopic (exact) mass is 360 g/mol. The van der Waals surface area contributed by atoms with Crippen molar-refractivity contribution < 1.29 is 18.9 Å². The van der Waals surface area contributed by atoms with Crippen LogP contribution in [0.3, 0.4) is 0 Å². The Labute approximate surface area is 158 Å². The summed E-state index contributed by atoms with van der Waals surface area (Å²) in [4.78, 5) is 0. The summed E-state index contributed by atoms with van der Waals surface area (Å²) < 4.78 is 23.2. The molecule has 0 amide bonds. The average molecular weight is 360 g/mol. The van der Waals surface area contributed by atoms with Gasteiger partial charge in [-0.05, 0) is 48.1 Å². The molecule has 1 aliphatic carbocycles. The third kappa shape index (κ3) is 2.69. The fourth-order valence-electron chi connectivity index (χ4n) is 3.76. The SMILES string of the molecule is COc1ccc(/C=C2/OC3(C=CC4(C=C3)OCCO4)c3ccccc32)cc1. The molecule has 1 fully saturated rings. The van der Waals surface area contributed by atoms with Crippen molar-refractivity contribution in [3.05, 3.63) is 89.5 Å². The molecule has 5 rings (SSSR count). The van der Waals surface area contributed by atoms with Crippen molar-refractivity contribution in [3.8, 4) is 5.75 Å². The molecule has 0 unspecified atom stereocenters. The van der Waals surface area contributed by atoms with E-state index in [1.54, 1.807) is 7.11 Å². The van der Waals surface area contributed by atoms with E-state index >= 15 is 0 Å². The molecule has 0 bridgehead atoms. The summed E-state index contributed by atoms with van der Waals surface area (Å²) in [6.45, 7) is 1.20. The van der Waals surface area contributed by atoms with Gasteiger partial charge >= 0.3 is 0 Å². The van der Waals surface area contributed by atoms with Crippen LogP contribution >= 0.6 is 0 Å². The highest BCUT2D eigenvalue weighted by atomic mass is 16.7. The van der Waals surface area contributed by atoms with Gasteiger partial charge in [0.05, 0.1) is 20.3 Å². The summed E-state index contributed by atoms with van der Waals surface area (Å²) in [5.74, 6) is 0.932. The zero-order chi connectivity index (χ0) is 18.3. The largest absolute Gasteiger partial charge is 0.497 e. The van der Waals surface area contributed by atoms with Gasteiger partial charge < -0.3 is 18.9 Å². The minimum atomic E-state index is -0.744. The van der Waals surface area contributed by atoms with Crippen molar-refractivity contribution in [3.63, 3.8) is 0 Å². The van der Waals surface area contributed by atoms with Crippen molar-refractivity contribution in [2.75, 3.05) is 20.3 Å². The molecule has 27 heavy (non-hydrogen) atoms. The van der Waals surface area contributed by atoms with E-state index in [9.17, 15) is 0 Å². The number of hydrogen-bond donors (Lipinski definition) is 0. The topological polar surface area (TPSA) is 36.9 Å². The van der Waals surface area contributed by atoms with E-state index in [0.717, 1.165) is 28.2 Å². The van der Waals surface area contributed by atoms with Crippen LogP contribution in [-0.2, 0) is 19.8 Å². The quantitative estimate of drug-likeness (QED) is 0.749. The molecule has 4 nitrogen and oxygen atoms in total. The van der Waals surface area contributed by atoms with Gasteiger partial charge in [0, 0.05) is 11.1 Å². The van der Waals surface area contributed by atoms with Crippen LogP contribution in [0.2, 0.25) is 0 Å². The van der Waals surface area contributed by atoms with Crippen LogP contribution in [0.1, 0.15) is 16.7 Å². The summed E-state index contributed by atoms with van der Waals surface area (Å²) >= 11 is 0. The van der Waals surface area contributed by atoms with Crippen molar-refractivity contribution >= 4 is 11.8 Å². The Morgan fingerprint density at radius 1 is 0.889 bits per heavy atom. The molecule has 4 heteroatoms. The van der Waals surface area contributed by atoms with Gasteiger partial charge in [-0.3, -0.25) is 0 Å². The Kier molecular flexibility index (Phi) is 3.71. The summed E-state index contributed by atoms with van der Waals surface area (Å²) in [5, 5.41) is 0. The van der Waals surface area contributed by atoms with Gasteiger partial charge in [0.2, 0.25) is 5.79 Å². The Morgan fingerprint density at radius 2 is 1.59 bits per heavy atom. The van der Waals surface area contributed by atoms with Crippen molar-refractivity contribution in [2.24, 2.45) is 0 Å². The van der Waals surface area contributed by atoms with Gasteiger partial charge in [0.1, 0.15) is 11.5 Å². The van der Waals surface area contributed by atoms with E-state index in [2.05, 4.69) is 18.2 Å². The van der Waals surface area contributed by atoms with Crippen LogP contribution in [0.15, 0.2) is 72.8 Å².